The van der Waals surface area contributed by atoms with Crippen LogP contribution in [0.1, 0.15) is 48.3 Å². The summed E-state index contributed by atoms with van der Waals surface area (Å²) in [5.74, 6) is -0.143. The Kier molecular flexibility index (Phi) is 6.76. The van der Waals surface area contributed by atoms with Gasteiger partial charge in [0.15, 0.2) is 0 Å². The van der Waals surface area contributed by atoms with Crippen LogP contribution in [0.15, 0.2) is 48.5 Å². The van der Waals surface area contributed by atoms with Gasteiger partial charge in [-0.3, -0.25) is 9.69 Å². The number of benzene rings is 2. The molecule has 1 aliphatic rings. The molecule has 3 rings (SSSR count). The lowest BCUT2D eigenvalue weighted by molar-refractivity contribution is 0.0162. The molecule has 0 bridgehead atoms. The van der Waals surface area contributed by atoms with Gasteiger partial charge in [-0.1, -0.05) is 68.8 Å². The summed E-state index contributed by atoms with van der Waals surface area (Å²) < 4.78 is 5.51. The fourth-order valence-electron chi connectivity index (χ4n) is 3.48. The smallest absolute Gasteiger partial charge is 0.252 e. The molecule has 2 aromatic carbocycles. The Morgan fingerprint density at radius 3 is 2.36 bits per heavy atom. The molecule has 0 spiro atoms. The quantitative estimate of drug-likeness (QED) is 0.806. The summed E-state index contributed by atoms with van der Waals surface area (Å²) in [7, 11) is 0. The zero-order chi connectivity index (χ0) is 20.1. The number of ether oxygens (including phenoxy) is 1. The van der Waals surface area contributed by atoms with E-state index >= 15 is 0 Å². The minimum Gasteiger partial charge on any atom is -0.379 e. The summed E-state index contributed by atoms with van der Waals surface area (Å²) >= 11 is 6.17. The number of nitrogens with one attached hydrogen (secondary N) is 1. The van der Waals surface area contributed by atoms with E-state index in [1.165, 1.54) is 11.1 Å². The minimum atomic E-state index is -0.143. The largest absolute Gasteiger partial charge is 0.379 e. The SMILES string of the molecule is CC(C)(C)c1ccc(C(CNC(=O)c2ccccc2Cl)N2CCOCC2)cc1. The molecule has 0 saturated carbocycles. The van der Waals surface area contributed by atoms with Gasteiger partial charge in [0.05, 0.1) is 29.8 Å². The van der Waals surface area contributed by atoms with Crippen LogP contribution >= 0.6 is 11.6 Å². The number of hydrogen-bond acceptors (Lipinski definition) is 3. The Balaban J connectivity index is 1.77. The Hall–Kier alpha value is -1.88. The number of morpholine rings is 1. The molecule has 4 nitrogen and oxygen atoms in total. The highest BCUT2D eigenvalue weighted by Gasteiger charge is 2.24. The van der Waals surface area contributed by atoms with Crippen LogP contribution < -0.4 is 5.32 Å². The molecule has 1 aliphatic heterocycles. The van der Waals surface area contributed by atoms with Crippen LogP contribution in [0.25, 0.3) is 0 Å². The molecular weight excluding hydrogens is 372 g/mol. The van der Waals surface area contributed by atoms with Crippen LogP contribution in [0.5, 0.6) is 0 Å². The fourth-order valence-corrected chi connectivity index (χ4v) is 3.70. The lowest BCUT2D eigenvalue weighted by atomic mass is 9.86. The zero-order valence-corrected chi connectivity index (χ0v) is 17.6. The van der Waals surface area contributed by atoms with E-state index in [1.54, 1.807) is 12.1 Å². The first-order valence-electron chi connectivity index (χ1n) is 9.81. The molecule has 0 aromatic heterocycles. The molecule has 5 heteroatoms. The molecule has 0 aliphatic carbocycles. The van der Waals surface area contributed by atoms with E-state index in [-0.39, 0.29) is 17.4 Å². The maximum Gasteiger partial charge on any atom is 0.252 e. The van der Waals surface area contributed by atoms with Crippen molar-refractivity contribution in [2.24, 2.45) is 0 Å². The summed E-state index contributed by atoms with van der Waals surface area (Å²) in [5, 5.41) is 3.54. The summed E-state index contributed by atoms with van der Waals surface area (Å²) in [6.45, 7) is 10.3. The summed E-state index contributed by atoms with van der Waals surface area (Å²) in [6.07, 6.45) is 0. The number of hydrogen-bond donors (Lipinski definition) is 1. The van der Waals surface area contributed by atoms with Crippen LogP contribution in [0.2, 0.25) is 5.02 Å². The van der Waals surface area contributed by atoms with Gasteiger partial charge in [0.2, 0.25) is 0 Å². The molecule has 1 atom stereocenters. The molecule has 1 unspecified atom stereocenters. The lowest BCUT2D eigenvalue weighted by Gasteiger charge is -2.35. The van der Waals surface area contributed by atoms with Crippen LogP contribution in [0, 0.1) is 0 Å². The molecule has 1 N–H and O–H groups in total. The van der Waals surface area contributed by atoms with E-state index in [2.05, 4.69) is 55.3 Å². The van der Waals surface area contributed by atoms with Gasteiger partial charge in [0.1, 0.15) is 0 Å². The molecule has 1 heterocycles. The van der Waals surface area contributed by atoms with Gasteiger partial charge in [-0.2, -0.15) is 0 Å². The molecular formula is C23H29ClN2O2. The predicted molar refractivity (Wildman–Crippen MR) is 114 cm³/mol. The van der Waals surface area contributed by atoms with Crippen LogP contribution in [-0.4, -0.2) is 43.7 Å². The second-order valence-electron chi connectivity index (χ2n) is 8.23. The minimum absolute atomic E-state index is 0.101. The van der Waals surface area contributed by atoms with Gasteiger partial charge in [0.25, 0.3) is 5.91 Å². The van der Waals surface area contributed by atoms with E-state index < -0.39 is 0 Å². The highest BCUT2D eigenvalue weighted by Crippen LogP contribution is 2.27. The number of carbonyl (C=O) groups excluding carboxylic acids is 1. The van der Waals surface area contributed by atoms with Crippen molar-refractivity contribution in [3.8, 4) is 0 Å². The number of halogens is 1. The normalized spacial score (nSPS) is 16.6. The monoisotopic (exact) mass is 400 g/mol. The predicted octanol–water partition coefficient (Wildman–Crippen LogP) is 4.44. The van der Waals surface area contributed by atoms with Crippen molar-refractivity contribution >= 4 is 17.5 Å². The van der Waals surface area contributed by atoms with E-state index in [4.69, 9.17) is 16.3 Å². The van der Waals surface area contributed by atoms with Gasteiger partial charge in [0, 0.05) is 19.6 Å². The molecule has 0 radical (unpaired) electrons. The molecule has 150 valence electrons. The van der Waals surface area contributed by atoms with Gasteiger partial charge in [-0.05, 0) is 28.7 Å². The van der Waals surface area contributed by atoms with Crippen molar-refractivity contribution in [2.45, 2.75) is 32.2 Å². The number of amides is 1. The van der Waals surface area contributed by atoms with Crippen molar-refractivity contribution in [3.05, 3.63) is 70.2 Å². The molecule has 1 saturated heterocycles. The highest BCUT2D eigenvalue weighted by molar-refractivity contribution is 6.33. The van der Waals surface area contributed by atoms with Crippen LogP contribution in [0.3, 0.4) is 0 Å². The summed E-state index contributed by atoms with van der Waals surface area (Å²) in [4.78, 5) is 15.0. The van der Waals surface area contributed by atoms with E-state index in [1.807, 2.05) is 12.1 Å². The lowest BCUT2D eigenvalue weighted by Crippen LogP contribution is -2.43. The molecule has 1 amide bonds. The Morgan fingerprint density at radius 2 is 1.75 bits per heavy atom. The summed E-state index contributed by atoms with van der Waals surface area (Å²) in [6, 6.07) is 16.0. The maximum atomic E-state index is 12.6. The fraction of sp³-hybridized carbons (Fsp3) is 0.435. The van der Waals surface area contributed by atoms with Crippen LogP contribution in [-0.2, 0) is 10.2 Å². The van der Waals surface area contributed by atoms with Crippen LogP contribution in [0.4, 0.5) is 0 Å². The Bertz CT molecular complexity index is 793. The van der Waals surface area contributed by atoms with E-state index in [0.717, 1.165) is 26.3 Å². The van der Waals surface area contributed by atoms with E-state index in [9.17, 15) is 4.79 Å². The van der Waals surface area contributed by atoms with Crippen molar-refractivity contribution in [2.75, 3.05) is 32.8 Å². The van der Waals surface area contributed by atoms with Gasteiger partial charge in [-0.15, -0.1) is 0 Å². The van der Waals surface area contributed by atoms with Gasteiger partial charge in [-0.25, -0.2) is 0 Å². The maximum absolute atomic E-state index is 12.6. The second-order valence-corrected chi connectivity index (χ2v) is 8.63. The Morgan fingerprint density at radius 1 is 1.11 bits per heavy atom. The average molecular weight is 401 g/mol. The van der Waals surface area contributed by atoms with Crippen molar-refractivity contribution in [1.82, 2.24) is 10.2 Å². The third-order valence-electron chi connectivity index (χ3n) is 5.22. The second kappa shape index (κ2) is 9.08. The molecule has 28 heavy (non-hydrogen) atoms. The number of rotatable bonds is 5. The van der Waals surface area contributed by atoms with E-state index in [0.29, 0.717) is 17.1 Å². The van der Waals surface area contributed by atoms with Crippen molar-refractivity contribution in [1.29, 1.82) is 0 Å². The first-order chi connectivity index (χ1) is 13.4. The zero-order valence-electron chi connectivity index (χ0n) is 16.9. The molecule has 1 fully saturated rings. The Labute approximate surface area is 172 Å². The van der Waals surface area contributed by atoms with Crippen molar-refractivity contribution < 1.29 is 9.53 Å². The summed E-state index contributed by atoms with van der Waals surface area (Å²) in [5.41, 5.74) is 3.13. The third-order valence-corrected chi connectivity index (χ3v) is 5.55. The third kappa shape index (κ3) is 5.13. The average Bonchev–Trinajstić information content (AvgIpc) is 2.69. The van der Waals surface area contributed by atoms with Crippen molar-refractivity contribution in [3.63, 3.8) is 0 Å². The number of nitrogens with zero attached hydrogens (tertiary/aromatic N) is 1. The number of carbonyl (C=O) groups is 1. The topological polar surface area (TPSA) is 41.6 Å². The molecule has 2 aromatic rings. The van der Waals surface area contributed by atoms with Gasteiger partial charge < -0.3 is 10.1 Å². The first-order valence-corrected chi connectivity index (χ1v) is 10.2. The highest BCUT2D eigenvalue weighted by atomic mass is 35.5. The first kappa shape index (κ1) is 20.8. The standard InChI is InChI=1S/C23H29ClN2O2/c1-23(2,3)18-10-8-17(9-11-18)21(26-12-14-28-15-13-26)16-25-22(27)19-6-4-5-7-20(19)24/h4-11,21H,12-16H2,1-3H3,(H,25,27). The van der Waals surface area contributed by atoms with Gasteiger partial charge >= 0.3 is 0 Å².